The molecule has 1 saturated heterocycles. The molecule has 1 aromatic carbocycles. The van der Waals surface area contributed by atoms with E-state index in [9.17, 15) is 0 Å². The lowest BCUT2D eigenvalue weighted by Gasteiger charge is -2.22. The van der Waals surface area contributed by atoms with Crippen molar-refractivity contribution in [2.24, 2.45) is 0 Å². The molecule has 0 aromatic heterocycles. The Morgan fingerprint density at radius 2 is 2.19 bits per heavy atom. The van der Waals surface area contributed by atoms with Crippen molar-refractivity contribution >= 4 is 11.8 Å². The topological polar surface area (TPSA) is 24.5 Å². The molecule has 2 rings (SSSR count). The van der Waals surface area contributed by atoms with E-state index in [1.807, 2.05) is 13.1 Å². The van der Waals surface area contributed by atoms with Crippen molar-refractivity contribution in [3.05, 3.63) is 29.8 Å². The van der Waals surface area contributed by atoms with Gasteiger partial charge in [0.25, 0.3) is 0 Å². The number of nitrogens with zero attached hydrogens (tertiary/aromatic N) is 1. The lowest BCUT2D eigenvalue weighted by molar-refractivity contribution is 0.214. The van der Waals surface area contributed by atoms with E-state index in [-0.39, 0.29) is 0 Å². The highest BCUT2D eigenvalue weighted by molar-refractivity contribution is 8.00. The largest absolute Gasteiger partial charge is 0.492 e. The highest BCUT2D eigenvalue weighted by Crippen LogP contribution is 2.30. The summed E-state index contributed by atoms with van der Waals surface area (Å²) in [6.07, 6.45) is 1.26. The minimum absolute atomic E-state index is 0.428. The second-order valence-corrected chi connectivity index (χ2v) is 8.03. The van der Waals surface area contributed by atoms with Crippen LogP contribution in [-0.2, 0) is 6.54 Å². The summed E-state index contributed by atoms with van der Waals surface area (Å²) in [5.74, 6) is 2.21. The first-order valence-corrected chi connectivity index (χ1v) is 8.80. The van der Waals surface area contributed by atoms with Crippen molar-refractivity contribution < 1.29 is 4.74 Å². The van der Waals surface area contributed by atoms with Gasteiger partial charge in [-0.3, -0.25) is 4.90 Å². The Morgan fingerprint density at radius 3 is 3.00 bits per heavy atom. The van der Waals surface area contributed by atoms with E-state index in [0.29, 0.717) is 4.75 Å². The van der Waals surface area contributed by atoms with Crippen LogP contribution in [0, 0.1) is 0 Å². The molecule has 1 aromatic rings. The van der Waals surface area contributed by atoms with Crippen molar-refractivity contribution in [3.63, 3.8) is 0 Å². The first kappa shape index (κ1) is 16.7. The molecule has 118 valence electrons. The molecule has 0 bridgehead atoms. The van der Waals surface area contributed by atoms with E-state index < -0.39 is 0 Å². The Hall–Kier alpha value is -0.710. The van der Waals surface area contributed by atoms with Crippen LogP contribution in [0.15, 0.2) is 24.3 Å². The van der Waals surface area contributed by atoms with E-state index >= 15 is 0 Å². The summed E-state index contributed by atoms with van der Waals surface area (Å²) in [5.41, 5.74) is 1.27. The van der Waals surface area contributed by atoms with Crippen LogP contribution in [0.4, 0.5) is 0 Å². The van der Waals surface area contributed by atoms with E-state index in [0.717, 1.165) is 25.4 Å². The SMILES string of the molecule is CNCc1cccc(OCCN2CCSC(C)(C)CC2)c1. The Kier molecular flexibility index (Phi) is 6.40. The fourth-order valence-corrected chi connectivity index (χ4v) is 3.67. The number of rotatable bonds is 6. The molecule has 1 aliphatic rings. The summed E-state index contributed by atoms with van der Waals surface area (Å²) in [6, 6.07) is 8.35. The van der Waals surface area contributed by atoms with Crippen molar-refractivity contribution in [1.29, 1.82) is 0 Å². The molecule has 1 fully saturated rings. The van der Waals surface area contributed by atoms with E-state index in [4.69, 9.17) is 4.74 Å². The van der Waals surface area contributed by atoms with Crippen LogP contribution in [0.5, 0.6) is 5.75 Å². The molecule has 4 heteroatoms. The molecule has 21 heavy (non-hydrogen) atoms. The summed E-state index contributed by atoms with van der Waals surface area (Å²) in [6.45, 7) is 9.74. The van der Waals surface area contributed by atoms with Crippen LogP contribution in [0.3, 0.4) is 0 Å². The van der Waals surface area contributed by atoms with Gasteiger partial charge < -0.3 is 10.1 Å². The third kappa shape index (κ3) is 5.89. The zero-order valence-electron chi connectivity index (χ0n) is 13.5. The van der Waals surface area contributed by atoms with Gasteiger partial charge in [0.1, 0.15) is 12.4 Å². The smallest absolute Gasteiger partial charge is 0.119 e. The normalized spacial score (nSPS) is 19.2. The predicted octanol–water partition coefficient (Wildman–Crippen LogP) is 3.00. The van der Waals surface area contributed by atoms with Crippen molar-refractivity contribution in [2.45, 2.75) is 31.6 Å². The maximum Gasteiger partial charge on any atom is 0.119 e. The fraction of sp³-hybridized carbons (Fsp3) is 0.647. The molecule has 0 radical (unpaired) electrons. The summed E-state index contributed by atoms with van der Waals surface area (Å²) >= 11 is 2.09. The van der Waals surface area contributed by atoms with E-state index in [2.05, 4.69) is 54.0 Å². The van der Waals surface area contributed by atoms with Gasteiger partial charge in [-0.1, -0.05) is 26.0 Å². The van der Waals surface area contributed by atoms with E-state index in [1.165, 1.54) is 30.8 Å². The lowest BCUT2D eigenvalue weighted by atomic mass is 10.1. The van der Waals surface area contributed by atoms with Gasteiger partial charge in [-0.05, 0) is 37.7 Å². The second kappa shape index (κ2) is 8.06. The molecular weight excluding hydrogens is 280 g/mol. The number of hydrogen-bond donors (Lipinski definition) is 1. The van der Waals surface area contributed by atoms with Crippen LogP contribution < -0.4 is 10.1 Å². The number of thioether (sulfide) groups is 1. The molecule has 1 aliphatic heterocycles. The number of benzene rings is 1. The average Bonchev–Trinajstić information content (AvgIpc) is 2.61. The molecule has 1 heterocycles. The maximum absolute atomic E-state index is 5.91. The molecule has 1 N–H and O–H groups in total. The third-order valence-electron chi connectivity index (χ3n) is 3.89. The number of nitrogens with one attached hydrogen (secondary N) is 1. The van der Waals surface area contributed by atoms with Gasteiger partial charge in [0.05, 0.1) is 0 Å². The predicted molar refractivity (Wildman–Crippen MR) is 92.3 cm³/mol. The highest BCUT2D eigenvalue weighted by Gasteiger charge is 2.23. The van der Waals surface area contributed by atoms with Crippen LogP contribution in [0.2, 0.25) is 0 Å². The molecule has 0 spiro atoms. The van der Waals surface area contributed by atoms with Crippen LogP contribution in [0.1, 0.15) is 25.8 Å². The minimum atomic E-state index is 0.428. The van der Waals surface area contributed by atoms with Gasteiger partial charge in [0, 0.05) is 30.1 Å². The Bertz CT molecular complexity index is 437. The van der Waals surface area contributed by atoms with Crippen molar-refractivity contribution in [3.8, 4) is 5.75 Å². The first-order valence-electron chi connectivity index (χ1n) is 7.82. The number of ether oxygens (including phenoxy) is 1. The van der Waals surface area contributed by atoms with Crippen molar-refractivity contribution in [1.82, 2.24) is 10.2 Å². The first-order chi connectivity index (χ1) is 10.1. The zero-order chi connectivity index (χ0) is 15.1. The van der Waals surface area contributed by atoms with E-state index in [1.54, 1.807) is 0 Å². The van der Waals surface area contributed by atoms with Crippen LogP contribution >= 0.6 is 11.8 Å². The Labute approximate surface area is 133 Å². The monoisotopic (exact) mass is 308 g/mol. The van der Waals surface area contributed by atoms with Gasteiger partial charge in [-0.2, -0.15) is 11.8 Å². The minimum Gasteiger partial charge on any atom is -0.492 e. The Morgan fingerprint density at radius 1 is 1.33 bits per heavy atom. The highest BCUT2D eigenvalue weighted by atomic mass is 32.2. The average molecular weight is 308 g/mol. The second-order valence-electron chi connectivity index (χ2n) is 6.23. The third-order valence-corrected chi connectivity index (χ3v) is 5.26. The molecule has 0 unspecified atom stereocenters. The molecule has 0 aliphatic carbocycles. The zero-order valence-corrected chi connectivity index (χ0v) is 14.3. The molecule has 3 nitrogen and oxygen atoms in total. The maximum atomic E-state index is 5.91. The standard InChI is InChI=1S/C17H28N2OS/c1-17(2)7-8-19(10-12-21-17)9-11-20-16-6-4-5-15(13-16)14-18-3/h4-6,13,18H,7-12,14H2,1-3H3. The quantitative estimate of drug-likeness (QED) is 0.873. The lowest BCUT2D eigenvalue weighted by Crippen LogP contribution is -2.31. The van der Waals surface area contributed by atoms with Crippen LogP contribution in [-0.4, -0.2) is 48.7 Å². The molecule has 0 saturated carbocycles. The summed E-state index contributed by atoms with van der Waals surface area (Å²) < 4.78 is 6.34. The van der Waals surface area contributed by atoms with Gasteiger partial charge in [-0.25, -0.2) is 0 Å². The van der Waals surface area contributed by atoms with Gasteiger partial charge in [0.2, 0.25) is 0 Å². The van der Waals surface area contributed by atoms with Crippen molar-refractivity contribution in [2.75, 3.05) is 39.0 Å². The summed E-state index contributed by atoms with van der Waals surface area (Å²) in [7, 11) is 1.96. The molecular formula is C17H28N2OS. The van der Waals surface area contributed by atoms with Gasteiger partial charge in [0.15, 0.2) is 0 Å². The Balaban J connectivity index is 1.75. The summed E-state index contributed by atoms with van der Waals surface area (Å²) in [4.78, 5) is 2.53. The van der Waals surface area contributed by atoms with Gasteiger partial charge >= 0.3 is 0 Å². The van der Waals surface area contributed by atoms with Crippen LogP contribution in [0.25, 0.3) is 0 Å². The fourth-order valence-electron chi connectivity index (χ4n) is 2.53. The molecule has 0 amide bonds. The number of hydrogen-bond acceptors (Lipinski definition) is 4. The van der Waals surface area contributed by atoms with Gasteiger partial charge in [-0.15, -0.1) is 0 Å². The summed E-state index contributed by atoms with van der Waals surface area (Å²) in [5, 5.41) is 3.17. The molecule has 0 atom stereocenters.